The predicted octanol–water partition coefficient (Wildman–Crippen LogP) is 0.485. The summed E-state index contributed by atoms with van der Waals surface area (Å²) in [5, 5.41) is 8.71. The zero-order chi connectivity index (χ0) is 17.7. The maximum Gasteiger partial charge on any atom is 0.304 e. The molecule has 0 amide bonds. The Morgan fingerprint density at radius 1 is 1.12 bits per heavy atom. The van der Waals surface area contributed by atoms with Crippen LogP contribution in [0.4, 0.5) is 0 Å². The largest absolute Gasteiger partial charge is 0.493 e. The van der Waals surface area contributed by atoms with Crippen LogP contribution >= 0.6 is 0 Å². The van der Waals surface area contributed by atoms with Gasteiger partial charge < -0.3 is 19.5 Å². The number of methoxy groups -OCH3 is 2. The molecule has 0 aliphatic carbocycles. The molecular weight excluding hydrogens is 336 g/mol. The molecule has 0 radical (unpaired) electrons. The second kappa shape index (κ2) is 7.82. The van der Waals surface area contributed by atoms with Crippen LogP contribution in [-0.4, -0.2) is 75.6 Å². The van der Waals surface area contributed by atoms with Gasteiger partial charge in [0.1, 0.15) is 0 Å². The first-order chi connectivity index (χ1) is 11.4. The van der Waals surface area contributed by atoms with Crippen molar-refractivity contribution in [2.75, 3.05) is 46.9 Å². The van der Waals surface area contributed by atoms with Gasteiger partial charge in [-0.3, -0.25) is 4.79 Å². The smallest absolute Gasteiger partial charge is 0.304 e. The summed E-state index contributed by atoms with van der Waals surface area (Å²) in [5.74, 6) is -0.0241. The average Bonchev–Trinajstić information content (AvgIpc) is 2.59. The number of nitrogens with zero attached hydrogens (tertiary/aromatic N) is 2. The topological polar surface area (TPSA) is 96.4 Å². The van der Waals surface area contributed by atoms with Crippen molar-refractivity contribution in [1.82, 2.24) is 9.21 Å². The molecule has 2 rings (SSSR count). The maximum absolute atomic E-state index is 12.7. The second-order valence-corrected chi connectivity index (χ2v) is 7.34. The van der Waals surface area contributed by atoms with E-state index in [9.17, 15) is 13.2 Å². The van der Waals surface area contributed by atoms with Crippen LogP contribution in [0.25, 0.3) is 0 Å². The lowest BCUT2D eigenvalue weighted by molar-refractivity contribution is -0.137. The molecule has 1 N–H and O–H groups in total. The van der Waals surface area contributed by atoms with Crippen molar-refractivity contribution in [3.8, 4) is 11.5 Å². The van der Waals surface area contributed by atoms with Gasteiger partial charge >= 0.3 is 5.97 Å². The van der Waals surface area contributed by atoms with Gasteiger partial charge in [-0.05, 0) is 12.1 Å². The normalized spacial score (nSPS) is 16.8. The molecule has 8 nitrogen and oxygen atoms in total. The lowest BCUT2D eigenvalue weighted by Gasteiger charge is -2.33. The summed E-state index contributed by atoms with van der Waals surface area (Å²) < 4.78 is 37.2. The standard InChI is InChI=1S/C15H22N2O6S/c1-22-13-4-3-12(11-14(13)23-2)24(20,21)17-9-7-16(8-10-17)6-5-15(18)19/h3-4,11H,5-10H2,1-2H3,(H,18,19). The Morgan fingerprint density at radius 3 is 2.29 bits per heavy atom. The molecule has 0 bridgehead atoms. The third-order valence-corrected chi connectivity index (χ3v) is 5.86. The molecule has 24 heavy (non-hydrogen) atoms. The van der Waals surface area contributed by atoms with Gasteiger partial charge in [0.25, 0.3) is 0 Å². The number of ether oxygens (including phenoxy) is 2. The Kier molecular flexibility index (Phi) is 6.03. The lowest BCUT2D eigenvalue weighted by Crippen LogP contribution is -2.48. The van der Waals surface area contributed by atoms with Gasteiger partial charge in [-0.15, -0.1) is 0 Å². The van der Waals surface area contributed by atoms with E-state index in [1.54, 1.807) is 6.07 Å². The molecule has 0 atom stereocenters. The van der Waals surface area contributed by atoms with E-state index in [1.165, 1.54) is 30.7 Å². The third kappa shape index (κ3) is 4.16. The number of carbonyl (C=O) groups is 1. The quantitative estimate of drug-likeness (QED) is 0.757. The van der Waals surface area contributed by atoms with Crippen molar-refractivity contribution in [3.63, 3.8) is 0 Å². The van der Waals surface area contributed by atoms with E-state index in [4.69, 9.17) is 14.6 Å². The zero-order valence-electron chi connectivity index (χ0n) is 13.8. The minimum atomic E-state index is -3.62. The summed E-state index contributed by atoms with van der Waals surface area (Å²) in [7, 11) is -0.677. The maximum atomic E-state index is 12.7. The highest BCUT2D eigenvalue weighted by molar-refractivity contribution is 7.89. The van der Waals surface area contributed by atoms with Crippen molar-refractivity contribution >= 4 is 16.0 Å². The van der Waals surface area contributed by atoms with E-state index >= 15 is 0 Å². The summed E-state index contributed by atoms with van der Waals surface area (Å²) >= 11 is 0. The molecule has 1 saturated heterocycles. The first kappa shape index (κ1) is 18.5. The van der Waals surface area contributed by atoms with Gasteiger partial charge in [-0.1, -0.05) is 0 Å². The Morgan fingerprint density at radius 2 is 1.75 bits per heavy atom. The molecule has 1 fully saturated rings. The van der Waals surface area contributed by atoms with Crippen molar-refractivity contribution in [3.05, 3.63) is 18.2 Å². The van der Waals surface area contributed by atoms with Crippen LogP contribution in [0.1, 0.15) is 6.42 Å². The summed E-state index contributed by atoms with van der Waals surface area (Å²) in [4.78, 5) is 12.7. The van der Waals surface area contributed by atoms with Gasteiger partial charge in [-0.2, -0.15) is 4.31 Å². The molecular formula is C15H22N2O6S. The summed E-state index contributed by atoms with van der Waals surface area (Å²) in [6.45, 7) is 2.12. The first-order valence-corrected chi connectivity index (χ1v) is 8.99. The van der Waals surface area contributed by atoms with Crippen LogP contribution in [0, 0.1) is 0 Å². The Labute approximate surface area is 141 Å². The fourth-order valence-electron chi connectivity index (χ4n) is 2.57. The van der Waals surface area contributed by atoms with Crippen LogP contribution < -0.4 is 9.47 Å². The minimum Gasteiger partial charge on any atom is -0.493 e. The van der Waals surface area contributed by atoms with Crippen molar-refractivity contribution in [2.45, 2.75) is 11.3 Å². The highest BCUT2D eigenvalue weighted by atomic mass is 32.2. The van der Waals surface area contributed by atoms with E-state index in [-0.39, 0.29) is 11.3 Å². The molecule has 1 aliphatic rings. The monoisotopic (exact) mass is 358 g/mol. The zero-order valence-corrected chi connectivity index (χ0v) is 14.6. The first-order valence-electron chi connectivity index (χ1n) is 7.55. The number of aliphatic carboxylic acids is 1. The lowest BCUT2D eigenvalue weighted by atomic mass is 10.3. The molecule has 134 valence electrons. The van der Waals surface area contributed by atoms with Crippen molar-refractivity contribution < 1.29 is 27.8 Å². The van der Waals surface area contributed by atoms with Gasteiger partial charge in [0, 0.05) is 38.8 Å². The number of hydrogen-bond donors (Lipinski definition) is 1. The van der Waals surface area contributed by atoms with Crippen LogP contribution in [0.5, 0.6) is 11.5 Å². The molecule has 0 spiro atoms. The molecule has 0 saturated carbocycles. The fourth-order valence-corrected chi connectivity index (χ4v) is 4.01. The SMILES string of the molecule is COc1ccc(S(=O)(=O)N2CCN(CCC(=O)O)CC2)cc1OC. The minimum absolute atomic E-state index is 0.0580. The van der Waals surface area contributed by atoms with Gasteiger partial charge in [-0.25, -0.2) is 8.42 Å². The Hall–Kier alpha value is -1.84. The van der Waals surface area contributed by atoms with E-state index < -0.39 is 16.0 Å². The highest BCUT2D eigenvalue weighted by Crippen LogP contribution is 2.30. The molecule has 1 aromatic rings. The molecule has 1 heterocycles. The molecule has 9 heteroatoms. The molecule has 1 aliphatic heterocycles. The summed E-state index contributed by atoms with van der Waals surface area (Å²) in [5.41, 5.74) is 0. The van der Waals surface area contributed by atoms with Crippen LogP contribution in [0.2, 0.25) is 0 Å². The number of piperazine rings is 1. The number of carboxylic acids is 1. The predicted molar refractivity (Wildman–Crippen MR) is 87.0 cm³/mol. The number of rotatable bonds is 7. The van der Waals surface area contributed by atoms with Crippen molar-refractivity contribution in [1.29, 1.82) is 0 Å². The van der Waals surface area contributed by atoms with Crippen LogP contribution in [0.15, 0.2) is 23.1 Å². The third-order valence-electron chi connectivity index (χ3n) is 3.97. The van der Waals surface area contributed by atoms with Gasteiger partial charge in [0.05, 0.1) is 25.5 Å². The molecule has 1 aromatic carbocycles. The molecule has 0 unspecified atom stereocenters. The fraction of sp³-hybridized carbons (Fsp3) is 0.533. The van der Waals surface area contributed by atoms with E-state index in [1.807, 2.05) is 4.90 Å². The number of hydrogen-bond acceptors (Lipinski definition) is 6. The number of sulfonamides is 1. The Balaban J connectivity index is 2.08. The molecule has 0 aromatic heterocycles. The van der Waals surface area contributed by atoms with Crippen LogP contribution in [0.3, 0.4) is 0 Å². The highest BCUT2D eigenvalue weighted by Gasteiger charge is 2.29. The van der Waals surface area contributed by atoms with Gasteiger partial charge in [0.15, 0.2) is 11.5 Å². The average molecular weight is 358 g/mol. The van der Waals surface area contributed by atoms with Crippen molar-refractivity contribution in [2.24, 2.45) is 0 Å². The van der Waals surface area contributed by atoms with Crippen LogP contribution in [-0.2, 0) is 14.8 Å². The second-order valence-electron chi connectivity index (χ2n) is 5.41. The van der Waals surface area contributed by atoms with E-state index in [0.717, 1.165) is 0 Å². The summed E-state index contributed by atoms with van der Waals surface area (Å²) in [6.07, 6.45) is 0.0580. The van der Waals surface area contributed by atoms with E-state index in [0.29, 0.717) is 44.2 Å². The van der Waals surface area contributed by atoms with E-state index in [2.05, 4.69) is 0 Å². The number of carboxylic acid groups (broad SMARTS) is 1. The Bertz CT molecular complexity index is 683. The van der Waals surface area contributed by atoms with Gasteiger partial charge in [0.2, 0.25) is 10.0 Å². The number of benzene rings is 1. The summed E-state index contributed by atoms with van der Waals surface area (Å²) in [6, 6.07) is 4.51.